The first-order chi connectivity index (χ1) is 19.6. The molecule has 0 bridgehead atoms. The van der Waals surface area contributed by atoms with Crippen molar-refractivity contribution in [2.45, 2.75) is 31.5 Å². The Morgan fingerprint density at radius 3 is 2.48 bits per heavy atom. The van der Waals surface area contributed by atoms with Crippen LogP contribution in [0.1, 0.15) is 45.6 Å². The minimum atomic E-state index is -0.220. The summed E-state index contributed by atoms with van der Waals surface area (Å²) >= 11 is 0. The molecule has 1 aromatic heterocycles. The molecule has 40 heavy (non-hydrogen) atoms. The molecule has 2 aliphatic heterocycles. The first-order valence-corrected chi connectivity index (χ1v) is 13.7. The molecule has 5 nitrogen and oxygen atoms in total. The van der Waals surface area contributed by atoms with E-state index in [0.29, 0.717) is 6.61 Å². The van der Waals surface area contributed by atoms with Crippen LogP contribution < -0.4 is 14.2 Å². The molecule has 0 aliphatic carbocycles. The number of benzene rings is 4. The quantitative estimate of drug-likeness (QED) is 0.251. The van der Waals surface area contributed by atoms with Crippen LogP contribution in [0.15, 0.2) is 84.9 Å². The first-order valence-electron chi connectivity index (χ1n) is 13.7. The van der Waals surface area contributed by atoms with Crippen LogP contribution in [0.25, 0.3) is 10.9 Å². The highest BCUT2D eigenvalue weighted by Crippen LogP contribution is 2.49. The van der Waals surface area contributed by atoms with Gasteiger partial charge in [0, 0.05) is 29.2 Å². The van der Waals surface area contributed by atoms with Crippen molar-refractivity contribution < 1.29 is 18.6 Å². The van der Waals surface area contributed by atoms with Crippen molar-refractivity contribution in [3.8, 4) is 17.2 Å². The molecule has 0 amide bonds. The predicted octanol–water partition coefficient (Wildman–Crippen LogP) is 7.15. The van der Waals surface area contributed by atoms with Crippen LogP contribution in [-0.2, 0) is 19.4 Å². The fraction of sp³-hybridized carbons (Fsp3) is 0.235. The van der Waals surface area contributed by atoms with E-state index in [1.165, 1.54) is 27.8 Å². The Labute approximate surface area is 233 Å². The Hall–Kier alpha value is -4.29. The summed E-state index contributed by atoms with van der Waals surface area (Å²) in [6.45, 7) is 1.32. The van der Waals surface area contributed by atoms with Gasteiger partial charge in [0.25, 0.3) is 0 Å². The lowest BCUT2D eigenvalue weighted by Gasteiger charge is -2.46. The molecule has 6 heteroatoms. The maximum atomic E-state index is 13.9. The van der Waals surface area contributed by atoms with Crippen molar-refractivity contribution in [2.24, 2.45) is 0 Å². The summed E-state index contributed by atoms with van der Waals surface area (Å²) in [6, 6.07) is 27.9. The average molecular weight is 535 g/mol. The normalized spacial score (nSPS) is 18.1. The van der Waals surface area contributed by atoms with Crippen molar-refractivity contribution in [3.05, 3.63) is 124 Å². The van der Waals surface area contributed by atoms with E-state index >= 15 is 0 Å². The van der Waals surface area contributed by atoms with Crippen LogP contribution in [0.5, 0.6) is 17.2 Å². The number of para-hydroxylation sites is 1. The number of rotatable bonds is 6. The lowest BCUT2D eigenvalue weighted by atomic mass is 9.80. The third kappa shape index (κ3) is 4.20. The zero-order chi connectivity index (χ0) is 27.2. The molecule has 2 aliphatic rings. The van der Waals surface area contributed by atoms with Crippen LogP contribution in [0.4, 0.5) is 4.39 Å². The monoisotopic (exact) mass is 534 g/mol. The molecule has 1 N–H and O–H groups in total. The molecule has 0 radical (unpaired) electrons. The van der Waals surface area contributed by atoms with E-state index in [9.17, 15) is 4.39 Å². The number of methoxy groups -OCH3 is 2. The summed E-state index contributed by atoms with van der Waals surface area (Å²) in [5.41, 5.74) is 8.37. The van der Waals surface area contributed by atoms with E-state index < -0.39 is 0 Å². The lowest BCUT2D eigenvalue weighted by Crippen LogP contribution is -2.43. The Morgan fingerprint density at radius 2 is 1.70 bits per heavy atom. The molecule has 3 heterocycles. The molecule has 5 aromatic rings. The van der Waals surface area contributed by atoms with Crippen molar-refractivity contribution in [1.82, 2.24) is 9.88 Å². The van der Waals surface area contributed by atoms with Crippen LogP contribution in [0.3, 0.4) is 0 Å². The molecular weight excluding hydrogens is 503 g/mol. The number of hydrogen-bond acceptors (Lipinski definition) is 4. The van der Waals surface area contributed by atoms with Crippen molar-refractivity contribution in [3.63, 3.8) is 0 Å². The molecular formula is C34H31FN2O3. The van der Waals surface area contributed by atoms with Gasteiger partial charge in [0.15, 0.2) is 11.5 Å². The van der Waals surface area contributed by atoms with Gasteiger partial charge in [-0.15, -0.1) is 0 Å². The smallest absolute Gasteiger partial charge is 0.162 e. The molecule has 4 aromatic carbocycles. The van der Waals surface area contributed by atoms with Gasteiger partial charge in [-0.1, -0.05) is 42.5 Å². The highest BCUT2D eigenvalue weighted by Gasteiger charge is 2.41. The zero-order valence-corrected chi connectivity index (χ0v) is 22.6. The standard InChI is InChI=1S/C34H31FN2O3/c1-38-25-13-7-21(8-14-25)20-40-32-19-27-23(17-31(32)39-2)15-16-37-30(27)18-28-26-5-3-4-6-29(26)36-33(28)34(37)22-9-11-24(35)12-10-22/h3-14,17,19,30,34,36H,15-16,18,20H2,1-2H3. The summed E-state index contributed by atoms with van der Waals surface area (Å²) in [7, 11) is 3.36. The number of fused-ring (bicyclic) bond motifs is 6. The number of nitrogens with one attached hydrogen (secondary N) is 1. The number of ether oxygens (including phenoxy) is 3. The van der Waals surface area contributed by atoms with Crippen molar-refractivity contribution in [2.75, 3.05) is 20.8 Å². The third-order valence-electron chi connectivity index (χ3n) is 8.41. The Kier molecular flexibility index (Phi) is 6.20. The summed E-state index contributed by atoms with van der Waals surface area (Å²) in [4.78, 5) is 6.29. The molecule has 2 atom stereocenters. The van der Waals surface area contributed by atoms with Gasteiger partial charge in [-0.25, -0.2) is 4.39 Å². The number of aromatic nitrogens is 1. The number of hydrogen-bond donors (Lipinski definition) is 1. The summed E-state index contributed by atoms with van der Waals surface area (Å²) in [5.74, 6) is 2.09. The fourth-order valence-corrected chi connectivity index (χ4v) is 6.46. The summed E-state index contributed by atoms with van der Waals surface area (Å²) < 4.78 is 31.4. The van der Waals surface area contributed by atoms with Gasteiger partial charge in [-0.3, -0.25) is 4.90 Å². The van der Waals surface area contributed by atoms with E-state index in [0.717, 1.165) is 53.3 Å². The van der Waals surface area contributed by atoms with E-state index in [4.69, 9.17) is 14.2 Å². The largest absolute Gasteiger partial charge is 0.497 e. The molecule has 0 fully saturated rings. The minimum Gasteiger partial charge on any atom is -0.497 e. The van der Waals surface area contributed by atoms with Crippen molar-refractivity contribution >= 4 is 10.9 Å². The van der Waals surface area contributed by atoms with E-state index in [-0.39, 0.29) is 17.9 Å². The van der Waals surface area contributed by atoms with E-state index in [1.54, 1.807) is 26.4 Å². The highest BCUT2D eigenvalue weighted by molar-refractivity contribution is 5.85. The maximum Gasteiger partial charge on any atom is 0.162 e. The van der Waals surface area contributed by atoms with Gasteiger partial charge >= 0.3 is 0 Å². The third-order valence-corrected chi connectivity index (χ3v) is 8.41. The van der Waals surface area contributed by atoms with Gasteiger partial charge in [-0.05, 0) is 83.1 Å². The maximum absolute atomic E-state index is 13.9. The summed E-state index contributed by atoms with van der Waals surface area (Å²) in [6.07, 6.45) is 1.78. The van der Waals surface area contributed by atoms with Crippen LogP contribution >= 0.6 is 0 Å². The molecule has 0 spiro atoms. The highest BCUT2D eigenvalue weighted by atomic mass is 19.1. The van der Waals surface area contributed by atoms with E-state index in [1.807, 2.05) is 36.4 Å². The lowest BCUT2D eigenvalue weighted by molar-refractivity contribution is 0.127. The first kappa shape index (κ1) is 24.7. The average Bonchev–Trinajstić information content (AvgIpc) is 3.37. The SMILES string of the molecule is COc1ccc(COc2cc3c(cc2OC)CCN2C3Cc3c([nH]c4ccccc34)C2c2ccc(F)cc2)cc1. The Morgan fingerprint density at radius 1 is 0.900 bits per heavy atom. The van der Waals surface area contributed by atoms with Gasteiger partial charge in [0.05, 0.1) is 20.3 Å². The fourth-order valence-electron chi connectivity index (χ4n) is 6.46. The number of halogens is 1. The second kappa shape index (κ2) is 10.0. The second-order valence-electron chi connectivity index (χ2n) is 10.6. The van der Waals surface area contributed by atoms with Crippen LogP contribution in [0.2, 0.25) is 0 Å². The van der Waals surface area contributed by atoms with Gasteiger partial charge in [0.2, 0.25) is 0 Å². The molecule has 0 saturated carbocycles. The minimum absolute atomic E-state index is 0.000620. The Balaban J connectivity index is 1.30. The molecule has 2 unspecified atom stereocenters. The zero-order valence-electron chi connectivity index (χ0n) is 22.6. The number of aromatic amines is 1. The topological polar surface area (TPSA) is 46.7 Å². The number of H-pyrrole nitrogens is 1. The van der Waals surface area contributed by atoms with Gasteiger partial charge in [0.1, 0.15) is 18.2 Å². The molecule has 0 saturated heterocycles. The Bertz CT molecular complexity index is 1680. The molecule has 202 valence electrons. The predicted molar refractivity (Wildman–Crippen MR) is 154 cm³/mol. The molecule has 7 rings (SSSR count). The van der Waals surface area contributed by atoms with E-state index in [2.05, 4.69) is 46.3 Å². The second-order valence-corrected chi connectivity index (χ2v) is 10.6. The summed E-state index contributed by atoms with van der Waals surface area (Å²) in [5, 5.41) is 1.25. The van der Waals surface area contributed by atoms with Gasteiger partial charge < -0.3 is 19.2 Å². The van der Waals surface area contributed by atoms with Crippen LogP contribution in [0, 0.1) is 5.82 Å². The van der Waals surface area contributed by atoms with Crippen LogP contribution in [-0.4, -0.2) is 30.6 Å². The van der Waals surface area contributed by atoms with Crippen molar-refractivity contribution in [1.29, 1.82) is 0 Å². The van der Waals surface area contributed by atoms with Gasteiger partial charge in [-0.2, -0.15) is 0 Å². The number of nitrogens with zero attached hydrogens (tertiary/aromatic N) is 1.